The van der Waals surface area contributed by atoms with Crippen molar-refractivity contribution in [2.24, 2.45) is 0 Å². The van der Waals surface area contributed by atoms with Gasteiger partial charge in [-0.3, -0.25) is 9.69 Å². The number of rotatable bonds is 8. The molecule has 0 heterocycles. The van der Waals surface area contributed by atoms with E-state index in [4.69, 9.17) is 4.74 Å². The smallest absolute Gasteiger partial charge is 0.327 e. The van der Waals surface area contributed by atoms with Gasteiger partial charge in [0, 0.05) is 12.6 Å². The van der Waals surface area contributed by atoms with Gasteiger partial charge in [0.2, 0.25) is 0 Å². The summed E-state index contributed by atoms with van der Waals surface area (Å²) in [6.45, 7) is 8.18. The average Bonchev–Trinajstić information content (AvgIpc) is 3.12. The molecule has 0 saturated heterocycles. The Labute approximate surface area is 105 Å². The maximum absolute atomic E-state index is 12.0. The van der Waals surface area contributed by atoms with Crippen LogP contribution in [0.2, 0.25) is 0 Å². The van der Waals surface area contributed by atoms with E-state index in [-0.39, 0.29) is 5.97 Å². The lowest BCUT2D eigenvalue weighted by atomic mass is 10.0. The van der Waals surface area contributed by atoms with Crippen LogP contribution in [-0.2, 0) is 9.53 Å². The zero-order chi connectivity index (χ0) is 12.9. The Morgan fingerprint density at radius 3 is 2.53 bits per heavy atom. The first-order valence-electron chi connectivity index (χ1n) is 6.67. The lowest BCUT2D eigenvalue weighted by Gasteiger charge is -2.33. The number of nitrogens with zero attached hydrogens (tertiary/aromatic N) is 1. The van der Waals surface area contributed by atoms with E-state index < -0.39 is 5.54 Å². The van der Waals surface area contributed by atoms with Gasteiger partial charge in [0.25, 0.3) is 0 Å². The average molecular weight is 242 g/mol. The Morgan fingerprint density at radius 1 is 1.47 bits per heavy atom. The molecule has 1 rings (SSSR count). The Bertz CT molecular complexity index is 254. The second-order valence-corrected chi connectivity index (χ2v) is 5.00. The summed E-state index contributed by atoms with van der Waals surface area (Å²) in [5, 5.41) is 3.12. The van der Waals surface area contributed by atoms with Crippen molar-refractivity contribution < 1.29 is 9.53 Å². The monoisotopic (exact) mass is 242 g/mol. The fourth-order valence-electron chi connectivity index (χ4n) is 2.06. The third kappa shape index (κ3) is 3.96. The normalized spacial score (nSPS) is 19.1. The minimum Gasteiger partial charge on any atom is -0.465 e. The van der Waals surface area contributed by atoms with Crippen LogP contribution in [0, 0.1) is 0 Å². The number of esters is 1. The summed E-state index contributed by atoms with van der Waals surface area (Å²) in [6.07, 6.45) is 3.66. The van der Waals surface area contributed by atoms with Crippen molar-refractivity contribution in [3.63, 3.8) is 0 Å². The predicted molar refractivity (Wildman–Crippen MR) is 69.0 cm³/mol. The highest BCUT2D eigenvalue weighted by Crippen LogP contribution is 2.28. The number of nitrogens with one attached hydrogen (secondary N) is 1. The minimum atomic E-state index is -0.590. The molecule has 0 bridgehead atoms. The Morgan fingerprint density at radius 2 is 2.12 bits per heavy atom. The molecule has 0 aliphatic heterocycles. The van der Waals surface area contributed by atoms with Crippen LogP contribution in [0.5, 0.6) is 0 Å². The maximum Gasteiger partial charge on any atom is 0.327 e. The number of likely N-dealkylation sites (N-methyl/N-ethyl adjacent to an activating group) is 1. The number of carbonyl (C=O) groups excluding carboxylic acids is 1. The molecule has 1 atom stereocenters. The van der Waals surface area contributed by atoms with Gasteiger partial charge < -0.3 is 10.1 Å². The zero-order valence-electron chi connectivity index (χ0n) is 11.6. The molecule has 1 fully saturated rings. The predicted octanol–water partition coefficient (Wildman–Crippen LogP) is 1.40. The summed E-state index contributed by atoms with van der Waals surface area (Å²) in [5.74, 6) is -0.149. The second kappa shape index (κ2) is 6.36. The quantitative estimate of drug-likeness (QED) is 0.653. The fraction of sp³-hybridized carbons (Fsp3) is 0.923. The molecule has 1 aliphatic rings. The lowest BCUT2D eigenvalue weighted by Crippen LogP contribution is -2.56. The lowest BCUT2D eigenvalue weighted by molar-refractivity contribution is -0.151. The van der Waals surface area contributed by atoms with E-state index in [2.05, 4.69) is 17.1 Å². The fourth-order valence-corrected chi connectivity index (χ4v) is 2.06. The van der Waals surface area contributed by atoms with Crippen molar-refractivity contribution in [1.82, 2.24) is 10.2 Å². The minimum absolute atomic E-state index is 0.149. The summed E-state index contributed by atoms with van der Waals surface area (Å²) in [4.78, 5) is 14.4. The molecular formula is C13H26N2O2. The van der Waals surface area contributed by atoms with Gasteiger partial charge in [0.15, 0.2) is 0 Å². The molecule has 17 heavy (non-hydrogen) atoms. The van der Waals surface area contributed by atoms with Crippen LogP contribution in [0.3, 0.4) is 0 Å². The number of carbonyl (C=O) groups is 1. The number of hydrogen-bond donors (Lipinski definition) is 1. The highest BCUT2D eigenvalue weighted by atomic mass is 16.5. The van der Waals surface area contributed by atoms with E-state index in [1.54, 1.807) is 0 Å². The zero-order valence-corrected chi connectivity index (χ0v) is 11.6. The van der Waals surface area contributed by atoms with Crippen LogP contribution in [0.4, 0.5) is 0 Å². The standard InChI is InChI=1S/C13H26N2O2/c1-5-9-15(11-7-8-11)10-13(3,14-4)12(16)17-6-2/h11,14H,5-10H2,1-4H3. The molecule has 0 radical (unpaired) electrons. The Balaban J connectivity index is 2.61. The molecule has 4 nitrogen and oxygen atoms in total. The van der Waals surface area contributed by atoms with E-state index in [1.165, 1.54) is 12.8 Å². The van der Waals surface area contributed by atoms with E-state index >= 15 is 0 Å². The van der Waals surface area contributed by atoms with E-state index in [0.29, 0.717) is 12.6 Å². The summed E-state index contributed by atoms with van der Waals surface area (Å²) >= 11 is 0. The van der Waals surface area contributed by atoms with Gasteiger partial charge in [-0.1, -0.05) is 6.92 Å². The summed E-state index contributed by atoms with van der Waals surface area (Å²) in [6, 6.07) is 0.678. The molecule has 0 aromatic carbocycles. The van der Waals surface area contributed by atoms with Crippen LogP contribution < -0.4 is 5.32 Å². The molecule has 100 valence electrons. The Kier molecular flexibility index (Phi) is 5.40. The van der Waals surface area contributed by atoms with Gasteiger partial charge in [0.05, 0.1) is 6.61 Å². The summed E-state index contributed by atoms with van der Waals surface area (Å²) in [5.41, 5.74) is -0.590. The van der Waals surface area contributed by atoms with Crippen molar-refractivity contribution in [1.29, 1.82) is 0 Å². The van der Waals surface area contributed by atoms with Gasteiger partial charge in [0.1, 0.15) is 5.54 Å². The van der Waals surface area contributed by atoms with Crippen LogP contribution in [0.15, 0.2) is 0 Å². The van der Waals surface area contributed by atoms with Crippen molar-refractivity contribution >= 4 is 5.97 Å². The number of ether oxygens (including phenoxy) is 1. The van der Waals surface area contributed by atoms with Crippen molar-refractivity contribution in [2.75, 3.05) is 26.7 Å². The third-order valence-electron chi connectivity index (χ3n) is 3.37. The molecule has 4 heteroatoms. The topological polar surface area (TPSA) is 41.6 Å². The molecule has 0 spiro atoms. The van der Waals surface area contributed by atoms with Crippen LogP contribution in [0.1, 0.15) is 40.0 Å². The van der Waals surface area contributed by atoms with Crippen molar-refractivity contribution in [2.45, 2.75) is 51.6 Å². The van der Waals surface area contributed by atoms with E-state index in [9.17, 15) is 4.79 Å². The molecular weight excluding hydrogens is 216 g/mol. The molecule has 1 saturated carbocycles. The van der Waals surface area contributed by atoms with E-state index in [0.717, 1.165) is 19.5 Å². The van der Waals surface area contributed by atoms with Gasteiger partial charge >= 0.3 is 5.97 Å². The first-order valence-corrected chi connectivity index (χ1v) is 6.67. The van der Waals surface area contributed by atoms with Crippen LogP contribution >= 0.6 is 0 Å². The highest BCUT2D eigenvalue weighted by Gasteiger charge is 2.39. The third-order valence-corrected chi connectivity index (χ3v) is 3.37. The maximum atomic E-state index is 12.0. The van der Waals surface area contributed by atoms with Gasteiger partial charge in [-0.2, -0.15) is 0 Å². The second-order valence-electron chi connectivity index (χ2n) is 5.00. The van der Waals surface area contributed by atoms with Gasteiger partial charge in [-0.05, 0) is 46.7 Å². The molecule has 1 aliphatic carbocycles. The molecule has 0 aromatic heterocycles. The first-order chi connectivity index (χ1) is 8.07. The van der Waals surface area contributed by atoms with Crippen LogP contribution in [-0.4, -0.2) is 49.2 Å². The first kappa shape index (κ1) is 14.5. The van der Waals surface area contributed by atoms with Crippen LogP contribution in [0.25, 0.3) is 0 Å². The summed E-state index contributed by atoms with van der Waals surface area (Å²) in [7, 11) is 1.83. The summed E-state index contributed by atoms with van der Waals surface area (Å²) < 4.78 is 5.15. The Hall–Kier alpha value is -0.610. The molecule has 0 amide bonds. The highest BCUT2D eigenvalue weighted by molar-refractivity contribution is 5.80. The van der Waals surface area contributed by atoms with Gasteiger partial charge in [-0.25, -0.2) is 0 Å². The largest absolute Gasteiger partial charge is 0.465 e. The number of hydrogen-bond acceptors (Lipinski definition) is 4. The van der Waals surface area contributed by atoms with Gasteiger partial charge in [-0.15, -0.1) is 0 Å². The van der Waals surface area contributed by atoms with E-state index in [1.807, 2.05) is 20.9 Å². The van der Waals surface area contributed by atoms with Crippen molar-refractivity contribution in [3.8, 4) is 0 Å². The molecule has 0 aromatic rings. The molecule has 1 unspecified atom stereocenters. The van der Waals surface area contributed by atoms with Crippen molar-refractivity contribution in [3.05, 3.63) is 0 Å². The molecule has 1 N–H and O–H groups in total. The SMILES string of the molecule is CCCN(CC(C)(NC)C(=O)OCC)C1CC1.